The van der Waals surface area contributed by atoms with E-state index in [0.717, 1.165) is 83.8 Å². The summed E-state index contributed by atoms with van der Waals surface area (Å²) in [6, 6.07) is -2.24. The summed E-state index contributed by atoms with van der Waals surface area (Å²) in [5.74, 6) is -0.689. The topological polar surface area (TPSA) is 285 Å². The summed E-state index contributed by atoms with van der Waals surface area (Å²) in [4.78, 5) is 51.1. The molecule has 0 spiro atoms. The molecule has 4 atom stereocenters. The van der Waals surface area contributed by atoms with E-state index in [1.807, 2.05) is 0 Å². The number of carbonyl (C=O) groups is 4. The van der Waals surface area contributed by atoms with Gasteiger partial charge in [0.15, 0.2) is 0 Å². The van der Waals surface area contributed by atoms with Gasteiger partial charge in [-0.2, -0.15) is 0 Å². The molecule has 4 amide bonds. The minimum atomic E-state index is -0.602. The molecule has 0 aliphatic carbocycles. The van der Waals surface area contributed by atoms with E-state index in [1.165, 1.54) is 0 Å². The van der Waals surface area contributed by atoms with Crippen molar-refractivity contribution >= 4 is 23.6 Å². The highest BCUT2D eigenvalue weighted by Crippen LogP contribution is 2.03. The van der Waals surface area contributed by atoms with Gasteiger partial charge in [-0.25, -0.2) is 0 Å². The summed E-state index contributed by atoms with van der Waals surface area (Å²) in [5, 5.41) is 11.5. The molecule has 0 unspecified atom stereocenters. The molecular weight excluding hydrogens is 630 g/mol. The second kappa shape index (κ2) is 31.5. The highest BCUT2D eigenvalue weighted by Gasteiger charge is 2.16. The molecule has 0 saturated heterocycles. The summed E-state index contributed by atoms with van der Waals surface area (Å²) in [6.07, 6.45) is 10.0. The van der Waals surface area contributed by atoms with E-state index < -0.39 is 24.2 Å². The van der Waals surface area contributed by atoms with Gasteiger partial charge < -0.3 is 65.3 Å². The van der Waals surface area contributed by atoms with Crippen molar-refractivity contribution in [2.24, 2.45) is 34.4 Å². The molecular formula is C33H71N11O5. The first-order valence-corrected chi connectivity index (χ1v) is 18.3. The first-order chi connectivity index (χ1) is 23.6. The minimum Gasteiger partial charge on any atom is -0.383 e. The summed E-state index contributed by atoms with van der Waals surface area (Å²) in [5.41, 5.74) is 34.8. The quantitative estimate of drug-likeness (QED) is 0.0336. The number of rotatable bonds is 33. The first kappa shape index (κ1) is 46.6. The second-order valence-electron chi connectivity index (χ2n) is 12.7. The molecule has 0 saturated carbocycles. The van der Waals surface area contributed by atoms with Crippen LogP contribution in [0.4, 0.5) is 0 Å². The maximum absolute atomic E-state index is 12.4. The van der Waals surface area contributed by atoms with Gasteiger partial charge in [0.2, 0.25) is 23.6 Å². The number of ether oxygens (including phenoxy) is 1. The monoisotopic (exact) mass is 702 g/mol. The average molecular weight is 702 g/mol. The zero-order chi connectivity index (χ0) is 36.7. The molecule has 0 rings (SSSR count). The molecule has 0 radical (unpaired) electrons. The van der Waals surface area contributed by atoms with Crippen LogP contribution in [0, 0.1) is 0 Å². The highest BCUT2D eigenvalue weighted by molar-refractivity contribution is 5.82. The molecule has 0 aromatic rings. The molecule has 0 aliphatic heterocycles. The Morgan fingerprint density at radius 1 is 0.490 bits per heavy atom. The third-order valence-electron chi connectivity index (χ3n) is 8.28. The van der Waals surface area contributed by atoms with E-state index in [-0.39, 0.29) is 23.6 Å². The zero-order valence-corrected chi connectivity index (χ0v) is 30.2. The summed E-state index contributed by atoms with van der Waals surface area (Å²) in [6.45, 7) is 6.03. The van der Waals surface area contributed by atoms with Crippen molar-refractivity contribution in [3.63, 3.8) is 0 Å². The lowest BCUT2D eigenvalue weighted by Gasteiger charge is -2.22. The van der Waals surface area contributed by atoms with Crippen LogP contribution >= 0.6 is 0 Å². The predicted molar refractivity (Wildman–Crippen MR) is 195 cm³/mol. The van der Waals surface area contributed by atoms with Gasteiger partial charge in [0.1, 0.15) is 0 Å². The van der Waals surface area contributed by atoms with Gasteiger partial charge in [-0.1, -0.05) is 12.8 Å². The molecule has 0 aromatic carbocycles. The Balaban J connectivity index is 4.10. The van der Waals surface area contributed by atoms with E-state index in [0.29, 0.717) is 71.6 Å². The van der Waals surface area contributed by atoms with Crippen LogP contribution in [-0.4, -0.2) is 125 Å². The van der Waals surface area contributed by atoms with E-state index in [2.05, 4.69) is 26.2 Å². The summed E-state index contributed by atoms with van der Waals surface area (Å²) < 4.78 is 5.24. The van der Waals surface area contributed by atoms with Gasteiger partial charge in [-0.05, 0) is 103 Å². The standard InChI is InChI=1S/C33H71N11O5/c1-49-25-24-44(22-10-20-42-32(47)28(38)14-4-8-18-40-30(45)26(36)12-2-6-16-34)23-11-21-43-33(48)29(39)15-5-9-19-41-31(46)27(37)13-3-7-17-35/h26-29H,2-25,34-39H2,1H3,(H,40,45)(H,41,46)(H,42,47)(H,43,48)/t26-,27-,28-,29-/m0/s1. The smallest absolute Gasteiger partial charge is 0.236 e. The molecule has 16 nitrogen and oxygen atoms in total. The van der Waals surface area contributed by atoms with Crippen molar-refractivity contribution in [3.05, 3.63) is 0 Å². The van der Waals surface area contributed by atoms with Gasteiger partial charge in [0.25, 0.3) is 0 Å². The molecule has 49 heavy (non-hydrogen) atoms. The van der Waals surface area contributed by atoms with Crippen LogP contribution in [-0.2, 0) is 23.9 Å². The van der Waals surface area contributed by atoms with Crippen LogP contribution in [0.1, 0.15) is 89.9 Å². The molecule has 0 aliphatic rings. The molecule has 16 N–H and O–H groups in total. The number of nitrogens with one attached hydrogen (secondary N) is 4. The molecule has 16 heteroatoms. The average Bonchev–Trinajstić information content (AvgIpc) is 3.09. The number of nitrogens with zero attached hydrogens (tertiary/aromatic N) is 1. The van der Waals surface area contributed by atoms with Crippen molar-refractivity contribution in [2.75, 3.05) is 72.6 Å². The van der Waals surface area contributed by atoms with Crippen LogP contribution < -0.4 is 55.7 Å². The van der Waals surface area contributed by atoms with Crippen LogP contribution in [0.25, 0.3) is 0 Å². The Morgan fingerprint density at radius 3 is 1.10 bits per heavy atom. The fraction of sp³-hybridized carbons (Fsp3) is 0.879. The summed E-state index contributed by atoms with van der Waals surface area (Å²) >= 11 is 0. The van der Waals surface area contributed by atoms with Crippen molar-refractivity contribution in [1.29, 1.82) is 0 Å². The van der Waals surface area contributed by atoms with Crippen LogP contribution in [0.5, 0.6) is 0 Å². The molecule has 0 aromatic heterocycles. The number of hydrogen-bond donors (Lipinski definition) is 10. The van der Waals surface area contributed by atoms with Gasteiger partial charge in [0, 0.05) is 39.8 Å². The lowest BCUT2D eigenvalue weighted by Crippen LogP contribution is -2.43. The Morgan fingerprint density at radius 2 is 0.796 bits per heavy atom. The van der Waals surface area contributed by atoms with Gasteiger partial charge in [0.05, 0.1) is 30.8 Å². The lowest BCUT2D eigenvalue weighted by atomic mass is 10.1. The molecule has 0 bridgehead atoms. The number of nitrogens with two attached hydrogens (primary N) is 6. The fourth-order valence-corrected chi connectivity index (χ4v) is 5.05. The van der Waals surface area contributed by atoms with Crippen molar-refractivity contribution in [2.45, 2.75) is 114 Å². The van der Waals surface area contributed by atoms with E-state index >= 15 is 0 Å². The van der Waals surface area contributed by atoms with Crippen molar-refractivity contribution in [3.8, 4) is 0 Å². The van der Waals surface area contributed by atoms with E-state index in [9.17, 15) is 19.2 Å². The Kier molecular flexibility index (Phi) is 30.0. The van der Waals surface area contributed by atoms with Crippen molar-refractivity contribution in [1.82, 2.24) is 26.2 Å². The van der Waals surface area contributed by atoms with E-state index in [4.69, 9.17) is 39.1 Å². The van der Waals surface area contributed by atoms with Gasteiger partial charge in [-0.15, -0.1) is 0 Å². The fourth-order valence-electron chi connectivity index (χ4n) is 5.05. The number of methoxy groups -OCH3 is 1. The van der Waals surface area contributed by atoms with Crippen LogP contribution in [0.3, 0.4) is 0 Å². The Bertz CT molecular complexity index is 807. The SMILES string of the molecule is COCCN(CCCNC(=O)[C@@H](N)CCCCNC(=O)[C@@H](N)CCCCN)CCCNC(=O)[C@@H](N)CCCCNC(=O)[C@@H](N)CCCCN. The molecule has 0 heterocycles. The first-order valence-electron chi connectivity index (χ1n) is 18.3. The Hall–Kier alpha value is -2.44. The second-order valence-corrected chi connectivity index (χ2v) is 12.7. The molecule has 0 fully saturated rings. The van der Waals surface area contributed by atoms with Gasteiger partial charge >= 0.3 is 0 Å². The Labute approximate surface area is 294 Å². The van der Waals surface area contributed by atoms with Crippen LogP contribution in [0.2, 0.25) is 0 Å². The normalized spacial score (nSPS) is 13.8. The summed E-state index contributed by atoms with van der Waals surface area (Å²) in [7, 11) is 1.66. The molecule has 288 valence electrons. The third-order valence-corrected chi connectivity index (χ3v) is 8.28. The predicted octanol–water partition coefficient (Wildman–Crippen LogP) is -1.91. The largest absolute Gasteiger partial charge is 0.383 e. The third kappa shape index (κ3) is 26.1. The number of unbranched alkanes of at least 4 members (excludes halogenated alkanes) is 4. The number of amides is 4. The number of carbonyl (C=O) groups excluding carboxylic acids is 4. The lowest BCUT2D eigenvalue weighted by molar-refractivity contribution is -0.123. The minimum absolute atomic E-state index is 0.161. The highest BCUT2D eigenvalue weighted by atomic mass is 16.5. The number of hydrogen-bond acceptors (Lipinski definition) is 12. The maximum atomic E-state index is 12.4. The van der Waals surface area contributed by atoms with Crippen LogP contribution in [0.15, 0.2) is 0 Å². The zero-order valence-electron chi connectivity index (χ0n) is 30.2. The van der Waals surface area contributed by atoms with Crippen molar-refractivity contribution < 1.29 is 23.9 Å². The van der Waals surface area contributed by atoms with E-state index in [1.54, 1.807) is 7.11 Å². The van der Waals surface area contributed by atoms with Gasteiger partial charge in [-0.3, -0.25) is 19.2 Å². The maximum Gasteiger partial charge on any atom is 0.236 e.